The van der Waals surface area contributed by atoms with Crippen molar-refractivity contribution in [2.45, 2.75) is 26.7 Å². The molecule has 2 rings (SSSR count). The van der Waals surface area contributed by atoms with Crippen LogP contribution in [-0.2, 0) is 4.74 Å². The summed E-state index contributed by atoms with van der Waals surface area (Å²) in [6, 6.07) is 5.78. The normalized spacial score (nSPS) is 10.7. The number of hydrogen-bond acceptors (Lipinski definition) is 4. The molecule has 24 heavy (non-hydrogen) atoms. The fourth-order valence-corrected chi connectivity index (χ4v) is 4.19. The number of halogens is 1. The summed E-state index contributed by atoms with van der Waals surface area (Å²) < 4.78 is 5.69. The lowest BCUT2D eigenvalue weighted by Crippen LogP contribution is -2.35. The molecule has 0 amide bonds. The van der Waals surface area contributed by atoms with Crippen LogP contribution in [0.3, 0.4) is 0 Å². The number of ether oxygens (including phenoxy) is 1. The van der Waals surface area contributed by atoms with Crippen molar-refractivity contribution in [3.63, 3.8) is 0 Å². The van der Waals surface area contributed by atoms with E-state index in [0.717, 1.165) is 41.7 Å². The van der Waals surface area contributed by atoms with E-state index in [4.69, 9.17) is 28.6 Å². The van der Waals surface area contributed by atoms with E-state index in [1.165, 1.54) is 18.4 Å². The minimum absolute atomic E-state index is 0.414. The summed E-state index contributed by atoms with van der Waals surface area (Å²) in [7, 11) is 1.35. The van der Waals surface area contributed by atoms with Crippen LogP contribution in [0.4, 0.5) is 5.69 Å². The lowest BCUT2D eigenvalue weighted by atomic mass is 10.2. The van der Waals surface area contributed by atoms with Gasteiger partial charge in [0.1, 0.15) is 4.88 Å². The monoisotopic (exact) mass is 384 g/mol. The number of benzene rings is 1. The number of thiocarbonyl (C=S) groups is 1. The average Bonchev–Trinajstić information content (AvgIpc) is 2.90. The third kappa shape index (κ3) is 4.18. The molecule has 7 heteroatoms. The second-order valence-electron chi connectivity index (χ2n) is 5.36. The number of methoxy groups -OCH3 is 1. The number of nitrogens with one attached hydrogen (secondary N) is 1. The van der Waals surface area contributed by atoms with Gasteiger partial charge in [-0.3, -0.25) is 0 Å². The quantitative estimate of drug-likeness (QED) is 0.550. The number of carbonyl (C=O) groups is 1. The maximum absolute atomic E-state index is 11.8. The number of fused-ring (bicyclic) bond motifs is 1. The number of nitrogens with zero attached hydrogens (tertiary/aromatic N) is 1. The van der Waals surface area contributed by atoms with Crippen molar-refractivity contribution >= 4 is 62.0 Å². The van der Waals surface area contributed by atoms with E-state index in [2.05, 4.69) is 24.1 Å². The van der Waals surface area contributed by atoms with Crippen LogP contribution in [0.25, 0.3) is 10.1 Å². The Bertz CT molecular complexity index is 740. The predicted molar refractivity (Wildman–Crippen MR) is 107 cm³/mol. The van der Waals surface area contributed by atoms with E-state index in [1.807, 2.05) is 18.2 Å². The van der Waals surface area contributed by atoms with Crippen molar-refractivity contribution in [2.24, 2.45) is 0 Å². The maximum Gasteiger partial charge on any atom is 0.349 e. The van der Waals surface area contributed by atoms with Crippen LogP contribution in [0.5, 0.6) is 0 Å². The fourth-order valence-electron chi connectivity index (χ4n) is 2.42. The predicted octanol–water partition coefficient (Wildman–Crippen LogP) is 5.16. The third-order valence-electron chi connectivity index (χ3n) is 3.53. The zero-order chi connectivity index (χ0) is 17.7. The second kappa shape index (κ2) is 8.65. The Morgan fingerprint density at radius 1 is 1.33 bits per heavy atom. The van der Waals surface area contributed by atoms with Crippen LogP contribution >= 0.6 is 35.2 Å². The molecule has 0 fully saturated rings. The number of thiophene rings is 1. The van der Waals surface area contributed by atoms with Crippen molar-refractivity contribution in [2.75, 3.05) is 25.5 Å². The smallest absolute Gasteiger partial charge is 0.349 e. The molecule has 2 aromatic rings. The fraction of sp³-hybridized carbons (Fsp3) is 0.412. The number of hydrogen-bond donors (Lipinski definition) is 1. The summed E-state index contributed by atoms with van der Waals surface area (Å²) in [5.74, 6) is -0.414. The number of anilines is 1. The van der Waals surface area contributed by atoms with E-state index < -0.39 is 5.97 Å². The zero-order valence-corrected chi connectivity index (χ0v) is 16.4. The average molecular weight is 385 g/mol. The Kier molecular flexibility index (Phi) is 6.83. The van der Waals surface area contributed by atoms with Crippen molar-refractivity contribution in [1.29, 1.82) is 0 Å². The van der Waals surface area contributed by atoms with Gasteiger partial charge in [-0.2, -0.15) is 0 Å². The lowest BCUT2D eigenvalue weighted by Gasteiger charge is -2.24. The summed E-state index contributed by atoms with van der Waals surface area (Å²) in [6.45, 7) is 6.14. The van der Waals surface area contributed by atoms with E-state index in [9.17, 15) is 4.79 Å². The standard InChI is InChI=1S/C17H21ClN2O2S2/c1-4-8-20(9-5-2)17(23)19-11-6-7-12-13(10-11)24-15(14(12)18)16(21)22-3/h6-7,10H,4-5,8-9H2,1-3H3,(H,19,23). The Labute approximate surface area is 156 Å². The van der Waals surface area contributed by atoms with E-state index >= 15 is 0 Å². The first-order chi connectivity index (χ1) is 11.5. The minimum atomic E-state index is -0.414. The van der Waals surface area contributed by atoms with Crippen LogP contribution in [0, 0.1) is 0 Å². The van der Waals surface area contributed by atoms with Gasteiger partial charge < -0.3 is 15.0 Å². The molecule has 0 saturated carbocycles. The van der Waals surface area contributed by atoms with Gasteiger partial charge in [0, 0.05) is 28.9 Å². The molecule has 0 aliphatic rings. The van der Waals surface area contributed by atoms with Gasteiger partial charge in [0.2, 0.25) is 0 Å². The molecule has 1 heterocycles. The Hall–Kier alpha value is -1.37. The van der Waals surface area contributed by atoms with Crippen molar-refractivity contribution < 1.29 is 9.53 Å². The molecule has 0 bridgehead atoms. The van der Waals surface area contributed by atoms with Crippen LogP contribution in [0.2, 0.25) is 5.02 Å². The summed E-state index contributed by atoms with van der Waals surface area (Å²) >= 11 is 13.1. The van der Waals surface area contributed by atoms with Gasteiger partial charge in [-0.25, -0.2) is 4.79 Å². The van der Waals surface area contributed by atoms with Crippen LogP contribution < -0.4 is 5.32 Å². The molecule has 0 unspecified atom stereocenters. The highest BCUT2D eigenvalue weighted by Gasteiger charge is 2.18. The van der Waals surface area contributed by atoms with Gasteiger partial charge in [0.25, 0.3) is 0 Å². The van der Waals surface area contributed by atoms with Gasteiger partial charge in [-0.05, 0) is 43.3 Å². The lowest BCUT2D eigenvalue weighted by molar-refractivity contribution is 0.0606. The van der Waals surface area contributed by atoms with Gasteiger partial charge >= 0.3 is 5.97 Å². The third-order valence-corrected chi connectivity index (χ3v) is 5.52. The number of rotatable bonds is 6. The van der Waals surface area contributed by atoms with Crippen molar-refractivity contribution in [3.8, 4) is 0 Å². The summed E-state index contributed by atoms with van der Waals surface area (Å²) in [5.41, 5.74) is 0.888. The highest BCUT2D eigenvalue weighted by atomic mass is 35.5. The Morgan fingerprint density at radius 3 is 2.58 bits per heavy atom. The summed E-state index contributed by atoms with van der Waals surface area (Å²) in [6.07, 6.45) is 2.09. The molecule has 0 atom stereocenters. The largest absolute Gasteiger partial charge is 0.465 e. The maximum atomic E-state index is 11.8. The van der Waals surface area contributed by atoms with Crippen LogP contribution in [-0.4, -0.2) is 36.2 Å². The van der Waals surface area contributed by atoms with E-state index in [1.54, 1.807) is 0 Å². The highest BCUT2D eigenvalue weighted by Crippen LogP contribution is 2.37. The Balaban J connectivity index is 2.24. The Morgan fingerprint density at radius 2 is 2.00 bits per heavy atom. The van der Waals surface area contributed by atoms with Crippen molar-refractivity contribution in [1.82, 2.24) is 4.90 Å². The first-order valence-electron chi connectivity index (χ1n) is 7.88. The zero-order valence-electron chi connectivity index (χ0n) is 14.0. The van der Waals surface area contributed by atoms with E-state index in [0.29, 0.717) is 15.0 Å². The number of esters is 1. The van der Waals surface area contributed by atoms with E-state index in [-0.39, 0.29) is 0 Å². The molecular formula is C17H21ClN2O2S2. The second-order valence-corrected chi connectivity index (χ2v) is 7.18. The molecule has 130 valence electrons. The first-order valence-corrected chi connectivity index (χ1v) is 9.48. The molecule has 1 aromatic carbocycles. The van der Waals surface area contributed by atoms with Gasteiger partial charge in [-0.1, -0.05) is 25.4 Å². The highest BCUT2D eigenvalue weighted by molar-refractivity contribution is 7.80. The molecule has 0 spiro atoms. The van der Waals surface area contributed by atoms with Crippen LogP contribution in [0.1, 0.15) is 36.4 Å². The van der Waals surface area contributed by atoms with Gasteiger partial charge in [0.05, 0.1) is 12.1 Å². The molecule has 1 aromatic heterocycles. The summed E-state index contributed by atoms with van der Waals surface area (Å²) in [5, 5.41) is 5.28. The molecule has 4 nitrogen and oxygen atoms in total. The number of carbonyl (C=O) groups excluding carboxylic acids is 1. The molecular weight excluding hydrogens is 364 g/mol. The molecule has 0 aliphatic carbocycles. The van der Waals surface area contributed by atoms with Gasteiger partial charge in [0.15, 0.2) is 5.11 Å². The van der Waals surface area contributed by atoms with Crippen LogP contribution in [0.15, 0.2) is 18.2 Å². The summed E-state index contributed by atoms with van der Waals surface area (Å²) in [4.78, 5) is 14.4. The SMILES string of the molecule is CCCN(CCC)C(=S)Nc1ccc2c(Cl)c(C(=O)OC)sc2c1. The van der Waals surface area contributed by atoms with Gasteiger partial charge in [-0.15, -0.1) is 11.3 Å². The minimum Gasteiger partial charge on any atom is -0.465 e. The van der Waals surface area contributed by atoms with Crippen molar-refractivity contribution in [3.05, 3.63) is 28.1 Å². The molecule has 0 aliphatic heterocycles. The molecule has 1 N–H and O–H groups in total. The topological polar surface area (TPSA) is 41.6 Å². The molecule has 0 radical (unpaired) electrons. The molecule has 0 saturated heterocycles. The first kappa shape index (κ1) is 19.0.